The summed E-state index contributed by atoms with van der Waals surface area (Å²) in [5.41, 5.74) is 0.774. The van der Waals surface area contributed by atoms with Crippen molar-refractivity contribution in [1.82, 2.24) is 14.5 Å². The van der Waals surface area contributed by atoms with Crippen LogP contribution in [0.4, 0.5) is 0 Å². The highest BCUT2D eigenvalue weighted by Crippen LogP contribution is 2.53. The zero-order chi connectivity index (χ0) is 26.0. The number of aromatic nitrogens is 2. The first-order chi connectivity index (χ1) is 17.8. The van der Waals surface area contributed by atoms with Gasteiger partial charge in [0.2, 0.25) is 10.0 Å². The molecule has 0 bridgehead atoms. The van der Waals surface area contributed by atoms with Crippen molar-refractivity contribution in [3.63, 3.8) is 0 Å². The van der Waals surface area contributed by atoms with Crippen molar-refractivity contribution in [2.75, 3.05) is 6.61 Å². The molecule has 0 amide bonds. The van der Waals surface area contributed by atoms with Gasteiger partial charge in [-0.3, -0.25) is 9.48 Å². The molecule has 10 heteroatoms. The summed E-state index contributed by atoms with van der Waals surface area (Å²) in [6, 6.07) is 22.4. The molecule has 2 N–H and O–H groups in total. The van der Waals surface area contributed by atoms with E-state index >= 15 is 0 Å². The Labute approximate surface area is 219 Å². The third-order valence-electron chi connectivity index (χ3n) is 6.41. The molecule has 0 radical (unpaired) electrons. The van der Waals surface area contributed by atoms with Gasteiger partial charge >= 0.3 is 5.97 Å². The highest BCUT2D eigenvalue weighted by molar-refractivity contribution is 7.89. The van der Waals surface area contributed by atoms with E-state index in [1.54, 1.807) is 59.4 Å². The number of nitrogens with one attached hydrogen (secondary N) is 1. The van der Waals surface area contributed by atoms with Crippen molar-refractivity contribution in [2.24, 2.45) is 0 Å². The van der Waals surface area contributed by atoms with Crippen LogP contribution >= 0.6 is 11.6 Å². The molecule has 0 spiro atoms. The van der Waals surface area contributed by atoms with Crippen molar-refractivity contribution in [3.8, 4) is 16.9 Å². The maximum Gasteiger partial charge on any atom is 0.325 e. The first-order valence-corrected chi connectivity index (χ1v) is 13.5. The minimum atomic E-state index is -4.09. The second kappa shape index (κ2) is 10.0. The monoisotopic (exact) mass is 537 g/mol. The second-order valence-electron chi connectivity index (χ2n) is 8.86. The fourth-order valence-electron chi connectivity index (χ4n) is 4.34. The van der Waals surface area contributed by atoms with Gasteiger partial charge in [0.15, 0.2) is 0 Å². The quantitative estimate of drug-likeness (QED) is 0.306. The predicted molar refractivity (Wildman–Crippen MR) is 139 cm³/mol. The number of hydrogen-bond donors (Lipinski definition) is 2. The summed E-state index contributed by atoms with van der Waals surface area (Å²) in [6.07, 6.45) is 3.66. The third kappa shape index (κ3) is 5.39. The third-order valence-corrected chi connectivity index (χ3v) is 8.19. The first-order valence-electron chi connectivity index (χ1n) is 11.6. The average molecular weight is 538 g/mol. The lowest BCUT2D eigenvalue weighted by Crippen LogP contribution is -2.44. The van der Waals surface area contributed by atoms with E-state index in [9.17, 15) is 18.3 Å². The molecule has 1 aromatic heterocycles. The van der Waals surface area contributed by atoms with Crippen LogP contribution in [-0.2, 0) is 21.4 Å². The van der Waals surface area contributed by atoms with Gasteiger partial charge in [0.05, 0.1) is 11.4 Å². The van der Waals surface area contributed by atoms with Crippen LogP contribution in [0.25, 0.3) is 11.1 Å². The SMILES string of the molecule is O=C(O)C1(NS(=O)(=O)c2ccc(-c3ccc(Cl)cc3)cc2)C[C@H]1c1cccc(OCCn2cccn2)c1. The van der Waals surface area contributed by atoms with E-state index in [4.69, 9.17) is 16.3 Å². The lowest BCUT2D eigenvalue weighted by Gasteiger charge is -2.16. The van der Waals surface area contributed by atoms with Gasteiger partial charge in [-0.15, -0.1) is 0 Å². The van der Waals surface area contributed by atoms with Gasteiger partial charge in [0.25, 0.3) is 0 Å². The van der Waals surface area contributed by atoms with E-state index in [0.29, 0.717) is 29.5 Å². The number of benzene rings is 3. The van der Waals surface area contributed by atoms with Crippen LogP contribution in [0.2, 0.25) is 5.02 Å². The second-order valence-corrected chi connectivity index (χ2v) is 11.0. The van der Waals surface area contributed by atoms with Crippen LogP contribution in [0.5, 0.6) is 5.75 Å². The number of sulfonamides is 1. The van der Waals surface area contributed by atoms with Crippen LogP contribution < -0.4 is 9.46 Å². The molecule has 4 aromatic rings. The lowest BCUT2D eigenvalue weighted by atomic mass is 10.1. The van der Waals surface area contributed by atoms with E-state index in [2.05, 4.69) is 9.82 Å². The molecule has 1 heterocycles. The van der Waals surface area contributed by atoms with Crippen LogP contribution in [-0.4, -0.2) is 41.4 Å². The number of hydrogen-bond acceptors (Lipinski definition) is 5. The molecule has 2 atom stereocenters. The number of carboxylic acids is 1. The first kappa shape index (κ1) is 25.0. The molecular formula is C27H24ClN3O5S. The van der Waals surface area contributed by atoms with Crippen molar-refractivity contribution < 1.29 is 23.1 Å². The summed E-state index contributed by atoms with van der Waals surface area (Å²) in [5, 5.41) is 14.7. The van der Waals surface area contributed by atoms with Crippen molar-refractivity contribution in [2.45, 2.75) is 29.3 Å². The Bertz CT molecular complexity index is 1510. The summed E-state index contributed by atoms with van der Waals surface area (Å²) in [5.74, 6) is -1.16. The Hall–Kier alpha value is -3.66. The fourth-order valence-corrected chi connectivity index (χ4v) is 5.87. The minimum Gasteiger partial charge on any atom is -0.492 e. The van der Waals surface area contributed by atoms with Gasteiger partial charge in [-0.1, -0.05) is 48.0 Å². The van der Waals surface area contributed by atoms with Gasteiger partial charge in [-0.2, -0.15) is 9.82 Å². The molecular weight excluding hydrogens is 514 g/mol. The Balaban J connectivity index is 1.29. The summed E-state index contributed by atoms with van der Waals surface area (Å²) >= 11 is 5.94. The fraction of sp³-hybridized carbons (Fsp3) is 0.185. The van der Waals surface area contributed by atoms with Crippen molar-refractivity contribution in [3.05, 3.63) is 102 Å². The lowest BCUT2D eigenvalue weighted by molar-refractivity contribution is -0.140. The van der Waals surface area contributed by atoms with E-state index < -0.39 is 27.4 Å². The molecule has 3 aromatic carbocycles. The Morgan fingerprint density at radius 1 is 1.08 bits per heavy atom. The maximum atomic E-state index is 13.2. The molecule has 1 saturated carbocycles. The standard InChI is InChI=1S/C27H24ClN3O5S/c28-22-9-5-19(6-10-22)20-7-11-24(12-8-20)37(34,35)30-27(26(32)33)18-25(27)21-3-1-4-23(17-21)36-16-15-31-14-2-13-29-31/h1-14,17,25,30H,15-16,18H2,(H,32,33)/t25-,27?/m0/s1. The van der Waals surface area contributed by atoms with Crippen LogP contribution in [0.1, 0.15) is 17.9 Å². The van der Waals surface area contributed by atoms with E-state index in [1.807, 2.05) is 24.4 Å². The minimum absolute atomic E-state index is 0.00723. The number of rotatable bonds is 10. The molecule has 0 saturated heterocycles. The number of halogens is 1. The Kier molecular flexibility index (Phi) is 6.76. The van der Waals surface area contributed by atoms with Gasteiger partial charge in [0.1, 0.15) is 17.9 Å². The predicted octanol–water partition coefficient (Wildman–Crippen LogP) is 4.57. The topological polar surface area (TPSA) is 111 Å². The number of aliphatic carboxylic acids is 1. The normalized spacial score (nSPS) is 18.9. The molecule has 5 rings (SSSR count). The Morgan fingerprint density at radius 3 is 2.43 bits per heavy atom. The molecule has 1 aliphatic rings. The van der Waals surface area contributed by atoms with Crippen molar-refractivity contribution >= 4 is 27.6 Å². The number of nitrogens with zero attached hydrogens (tertiary/aromatic N) is 2. The van der Waals surface area contributed by atoms with E-state index in [-0.39, 0.29) is 11.3 Å². The summed E-state index contributed by atoms with van der Waals surface area (Å²) in [7, 11) is -4.09. The number of ether oxygens (including phenoxy) is 1. The van der Waals surface area contributed by atoms with Crippen LogP contribution in [0, 0.1) is 0 Å². The highest BCUT2D eigenvalue weighted by Gasteiger charge is 2.63. The molecule has 1 unspecified atom stereocenters. The summed E-state index contributed by atoms with van der Waals surface area (Å²) in [4.78, 5) is 12.2. The largest absolute Gasteiger partial charge is 0.492 e. The Morgan fingerprint density at radius 2 is 1.78 bits per heavy atom. The molecule has 190 valence electrons. The van der Waals surface area contributed by atoms with Crippen LogP contribution in [0.15, 0.2) is 96.2 Å². The van der Waals surface area contributed by atoms with Gasteiger partial charge < -0.3 is 9.84 Å². The van der Waals surface area contributed by atoms with Crippen molar-refractivity contribution in [1.29, 1.82) is 0 Å². The van der Waals surface area contributed by atoms with Gasteiger partial charge in [-0.25, -0.2) is 8.42 Å². The molecule has 37 heavy (non-hydrogen) atoms. The van der Waals surface area contributed by atoms with E-state index in [0.717, 1.165) is 11.1 Å². The van der Waals surface area contributed by atoms with Gasteiger partial charge in [-0.05, 0) is 65.6 Å². The van der Waals surface area contributed by atoms with Crippen LogP contribution in [0.3, 0.4) is 0 Å². The zero-order valence-corrected chi connectivity index (χ0v) is 21.2. The average Bonchev–Trinajstić information content (AvgIpc) is 3.37. The molecule has 1 fully saturated rings. The number of carboxylic acid groups (broad SMARTS) is 1. The number of carbonyl (C=O) groups is 1. The van der Waals surface area contributed by atoms with E-state index in [1.165, 1.54) is 12.1 Å². The molecule has 1 aliphatic carbocycles. The van der Waals surface area contributed by atoms with Gasteiger partial charge in [0, 0.05) is 23.3 Å². The maximum absolute atomic E-state index is 13.2. The summed E-state index contributed by atoms with van der Waals surface area (Å²) < 4.78 is 36.3. The summed E-state index contributed by atoms with van der Waals surface area (Å²) in [6.45, 7) is 0.953. The zero-order valence-electron chi connectivity index (χ0n) is 19.6. The molecule has 0 aliphatic heterocycles. The molecule has 8 nitrogen and oxygen atoms in total. The highest BCUT2D eigenvalue weighted by atomic mass is 35.5. The smallest absolute Gasteiger partial charge is 0.325 e.